The highest BCUT2D eigenvalue weighted by molar-refractivity contribution is 5.97. The van der Waals surface area contributed by atoms with Gasteiger partial charge in [-0.3, -0.25) is 14.4 Å². The van der Waals surface area contributed by atoms with Gasteiger partial charge in [-0.25, -0.2) is 0 Å². The lowest BCUT2D eigenvalue weighted by molar-refractivity contribution is -0.128. The molecule has 0 radical (unpaired) electrons. The number of nitrogens with one attached hydrogen (secondary N) is 2. The van der Waals surface area contributed by atoms with Crippen LogP contribution in [-0.4, -0.2) is 35.2 Å². The van der Waals surface area contributed by atoms with E-state index in [1.165, 1.54) is 0 Å². The van der Waals surface area contributed by atoms with Gasteiger partial charge < -0.3 is 15.5 Å². The van der Waals surface area contributed by atoms with Crippen LogP contribution in [0.25, 0.3) is 10.8 Å². The zero-order valence-corrected chi connectivity index (χ0v) is 19.7. The van der Waals surface area contributed by atoms with Crippen LogP contribution in [-0.2, 0) is 27.3 Å². The predicted molar refractivity (Wildman–Crippen MR) is 134 cm³/mol. The molecule has 4 rings (SSSR count). The summed E-state index contributed by atoms with van der Waals surface area (Å²) < 4.78 is 0. The summed E-state index contributed by atoms with van der Waals surface area (Å²) in [6.07, 6.45) is 1.70. The first-order chi connectivity index (χ1) is 16.4. The summed E-state index contributed by atoms with van der Waals surface area (Å²) in [6.45, 7) is 5.14. The Morgan fingerprint density at radius 2 is 1.74 bits per heavy atom. The molecule has 34 heavy (non-hydrogen) atoms. The molecule has 3 aromatic rings. The zero-order valence-electron chi connectivity index (χ0n) is 19.7. The van der Waals surface area contributed by atoms with Crippen molar-refractivity contribution in [3.8, 4) is 0 Å². The maximum absolute atomic E-state index is 13.0. The lowest BCUT2D eigenvalue weighted by Gasteiger charge is -2.22. The molecular weight excluding hydrogens is 426 g/mol. The van der Waals surface area contributed by atoms with E-state index in [-0.39, 0.29) is 30.1 Å². The third-order valence-electron chi connectivity index (χ3n) is 6.18. The Labute approximate surface area is 200 Å². The monoisotopic (exact) mass is 457 g/mol. The van der Waals surface area contributed by atoms with Gasteiger partial charge in [-0.2, -0.15) is 0 Å². The van der Waals surface area contributed by atoms with Gasteiger partial charge in [0.05, 0.1) is 6.42 Å². The van der Waals surface area contributed by atoms with Crippen molar-refractivity contribution < 1.29 is 14.4 Å². The van der Waals surface area contributed by atoms with E-state index in [4.69, 9.17) is 0 Å². The first-order valence-electron chi connectivity index (χ1n) is 11.8. The van der Waals surface area contributed by atoms with E-state index in [1.807, 2.05) is 85.5 Å². The number of carbonyl (C=O) groups excluding carboxylic acids is 3. The average molecular weight is 458 g/mol. The van der Waals surface area contributed by atoms with Crippen LogP contribution in [0.1, 0.15) is 37.8 Å². The van der Waals surface area contributed by atoms with Gasteiger partial charge in [-0.15, -0.1) is 0 Å². The number of benzene rings is 3. The third kappa shape index (κ3) is 5.81. The van der Waals surface area contributed by atoms with Gasteiger partial charge in [0, 0.05) is 25.2 Å². The molecule has 0 aliphatic carbocycles. The predicted octanol–water partition coefficient (Wildman–Crippen LogP) is 4.28. The van der Waals surface area contributed by atoms with E-state index in [0.29, 0.717) is 18.7 Å². The molecular formula is C28H31N3O3. The van der Waals surface area contributed by atoms with Gasteiger partial charge in [-0.05, 0) is 46.4 Å². The summed E-state index contributed by atoms with van der Waals surface area (Å²) >= 11 is 0. The van der Waals surface area contributed by atoms with E-state index in [2.05, 4.69) is 10.6 Å². The summed E-state index contributed by atoms with van der Waals surface area (Å²) in [5, 5.41) is 8.06. The standard InChI is InChI=1S/C28H31N3O3/c1-19(2)27(30-25(32)17-20-12-13-22-8-3-4-9-23(22)15-20)28(34)29-24-10-5-7-21(16-24)18-31-14-6-11-26(31)33/h3-5,7-10,12-13,15-16,19,27H,6,11,14,17-18H2,1-2H3,(H,29,34)(H,30,32). The van der Waals surface area contributed by atoms with Crippen molar-refractivity contribution in [2.24, 2.45) is 5.92 Å². The third-order valence-corrected chi connectivity index (χ3v) is 6.18. The first kappa shape index (κ1) is 23.5. The smallest absolute Gasteiger partial charge is 0.247 e. The highest BCUT2D eigenvalue weighted by Gasteiger charge is 2.25. The molecule has 3 aromatic carbocycles. The quantitative estimate of drug-likeness (QED) is 0.530. The van der Waals surface area contributed by atoms with Crippen LogP contribution < -0.4 is 10.6 Å². The Bertz CT molecular complexity index is 1200. The normalized spacial score (nSPS) is 14.4. The van der Waals surface area contributed by atoms with Crippen LogP contribution in [0.3, 0.4) is 0 Å². The molecule has 1 aliphatic heterocycles. The lowest BCUT2D eigenvalue weighted by atomic mass is 10.0. The number of carbonyl (C=O) groups is 3. The maximum Gasteiger partial charge on any atom is 0.247 e. The fourth-order valence-corrected chi connectivity index (χ4v) is 4.35. The minimum Gasteiger partial charge on any atom is -0.344 e. The number of nitrogens with zero attached hydrogens (tertiary/aromatic N) is 1. The molecule has 6 heteroatoms. The van der Waals surface area contributed by atoms with Gasteiger partial charge in [0.1, 0.15) is 6.04 Å². The molecule has 6 nitrogen and oxygen atoms in total. The molecule has 1 saturated heterocycles. The van der Waals surface area contributed by atoms with Crippen molar-refractivity contribution in [1.29, 1.82) is 0 Å². The maximum atomic E-state index is 13.0. The van der Waals surface area contributed by atoms with Crippen LogP contribution in [0.4, 0.5) is 5.69 Å². The number of likely N-dealkylation sites (tertiary alicyclic amines) is 1. The average Bonchev–Trinajstić information content (AvgIpc) is 3.21. The van der Waals surface area contributed by atoms with Gasteiger partial charge in [0.15, 0.2) is 0 Å². The zero-order chi connectivity index (χ0) is 24.1. The summed E-state index contributed by atoms with van der Waals surface area (Å²) in [7, 11) is 0. The van der Waals surface area contributed by atoms with Crippen LogP contribution in [0.15, 0.2) is 66.7 Å². The second-order valence-corrected chi connectivity index (χ2v) is 9.26. The van der Waals surface area contributed by atoms with Gasteiger partial charge >= 0.3 is 0 Å². The van der Waals surface area contributed by atoms with Crippen molar-refractivity contribution in [2.45, 2.75) is 45.7 Å². The summed E-state index contributed by atoms with van der Waals surface area (Å²) in [4.78, 5) is 39.6. The molecule has 1 atom stereocenters. The molecule has 3 amide bonds. The lowest BCUT2D eigenvalue weighted by Crippen LogP contribution is -2.47. The largest absolute Gasteiger partial charge is 0.344 e. The number of rotatable bonds is 8. The molecule has 0 aromatic heterocycles. The number of anilines is 1. The van der Waals surface area contributed by atoms with Crippen LogP contribution >= 0.6 is 0 Å². The van der Waals surface area contributed by atoms with Crippen LogP contribution in [0.2, 0.25) is 0 Å². The number of hydrogen-bond acceptors (Lipinski definition) is 3. The topological polar surface area (TPSA) is 78.5 Å². The highest BCUT2D eigenvalue weighted by atomic mass is 16.2. The van der Waals surface area contributed by atoms with Gasteiger partial charge in [0.25, 0.3) is 0 Å². The number of hydrogen-bond donors (Lipinski definition) is 2. The molecule has 1 unspecified atom stereocenters. The van der Waals surface area contributed by atoms with E-state index >= 15 is 0 Å². The van der Waals surface area contributed by atoms with E-state index in [9.17, 15) is 14.4 Å². The van der Waals surface area contributed by atoms with Crippen LogP contribution in [0, 0.1) is 5.92 Å². The molecule has 0 saturated carbocycles. The van der Waals surface area contributed by atoms with E-state index in [1.54, 1.807) is 0 Å². The fraction of sp³-hybridized carbons (Fsp3) is 0.321. The Morgan fingerprint density at radius 1 is 0.941 bits per heavy atom. The van der Waals surface area contributed by atoms with Gasteiger partial charge in [0.2, 0.25) is 17.7 Å². The first-order valence-corrected chi connectivity index (χ1v) is 11.8. The van der Waals surface area contributed by atoms with Crippen LogP contribution in [0.5, 0.6) is 0 Å². The molecule has 1 heterocycles. The molecule has 1 fully saturated rings. The molecule has 0 bridgehead atoms. The van der Waals surface area contributed by atoms with E-state index < -0.39 is 6.04 Å². The second kappa shape index (κ2) is 10.5. The second-order valence-electron chi connectivity index (χ2n) is 9.26. The number of fused-ring (bicyclic) bond motifs is 1. The van der Waals surface area contributed by atoms with Crippen molar-refractivity contribution in [3.63, 3.8) is 0 Å². The Balaban J connectivity index is 1.38. The Kier molecular flexibility index (Phi) is 7.26. The molecule has 2 N–H and O–H groups in total. The van der Waals surface area contributed by atoms with Crippen molar-refractivity contribution >= 4 is 34.2 Å². The van der Waals surface area contributed by atoms with Gasteiger partial charge in [-0.1, -0.05) is 68.4 Å². The Hall–Kier alpha value is -3.67. The number of amides is 3. The molecule has 1 aliphatic rings. The van der Waals surface area contributed by atoms with Crippen molar-refractivity contribution in [2.75, 3.05) is 11.9 Å². The Morgan fingerprint density at radius 3 is 2.47 bits per heavy atom. The minimum atomic E-state index is -0.656. The fourth-order valence-electron chi connectivity index (χ4n) is 4.35. The van der Waals surface area contributed by atoms with Crippen molar-refractivity contribution in [3.05, 3.63) is 77.9 Å². The molecule has 0 spiro atoms. The summed E-state index contributed by atoms with van der Waals surface area (Å²) in [5.74, 6) is -0.351. The van der Waals surface area contributed by atoms with E-state index in [0.717, 1.165) is 34.9 Å². The SMILES string of the molecule is CC(C)C(NC(=O)Cc1ccc2ccccc2c1)C(=O)Nc1cccc(CN2CCCC2=O)c1. The minimum absolute atomic E-state index is 0.0778. The summed E-state index contributed by atoms with van der Waals surface area (Å²) in [6, 6.07) is 20.9. The highest BCUT2D eigenvalue weighted by Crippen LogP contribution is 2.19. The molecule has 176 valence electrons. The van der Waals surface area contributed by atoms with Crippen molar-refractivity contribution in [1.82, 2.24) is 10.2 Å². The summed E-state index contributed by atoms with van der Waals surface area (Å²) in [5.41, 5.74) is 2.53.